The summed E-state index contributed by atoms with van der Waals surface area (Å²) in [5, 5.41) is 0. The number of hydrogen-bond donors (Lipinski definition) is 0. The summed E-state index contributed by atoms with van der Waals surface area (Å²) in [5.41, 5.74) is 0.0302. The average Bonchev–Trinajstić information content (AvgIpc) is 3.10. The Morgan fingerprint density at radius 3 is 0.792 bits per heavy atom. The molecule has 0 radical (unpaired) electrons. The molecule has 1 aromatic carbocycles. The molecule has 0 unspecified atom stereocenters. The fourth-order valence-electron chi connectivity index (χ4n) is 4.09. The fraction of sp³-hybridized carbons (Fsp3) is 0.500. The van der Waals surface area contributed by atoms with Crippen LogP contribution in [0, 0.1) is 0 Å². The van der Waals surface area contributed by atoms with Crippen LogP contribution in [0.1, 0.15) is 108 Å². The Labute approximate surface area is 282 Å². The van der Waals surface area contributed by atoms with E-state index < -0.39 is 35.8 Å². The van der Waals surface area contributed by atoms with Crippen LogP contribution < -0.4 is 0 Å². The van der Waals surface area contributed by atoms with Crippen molar-refractivity contribution in [2.24, 2.45) is 0 Å². The highest BCUT2D eigenvalue weighted by molar-refractivity contribution is 6.00. The van der Waals surface area contributed by atoms with Gasteiger partial charge in [-0.25, -0.2) is 28.8 Å². The highest BCUT2D eigenvalue weighted by atomic mass is 16.5. The molecular weight excluding hydrogens is 624 g/mol. The number of unbranched alkanes of at least 4 members (excludes halogenated alkanes) is 9. The summed E-state index contributed by atoms with van der Waals surface area (Å²) in [6.45, 7) is 11.2. The van der Waals surface area contributed by atoms with E-state index in [-0.39, 0.29) is 56.3 Å². The molecule has 0 aliphatic rings. The number of esters is 6. The molecular formula is C36H48O12. The van der Waals surface area contributed by atoms with Crippen LogP contribution in [0.25, 0.3) is 0 Å². The number of benzene rings is 1. The van der Waals surface area contributed by atoms with Crippen molar-refractivity contribution in [3.63, 3.8) is 0 Å². The molecule has 0 aliphatic heterocycles. The van der Waals surface area contributed by atoms with Gasteiger partial charge in [-0.2, -0.15) is 0 Å². The van der Waals surface area contributed by atoms with E-state index in [2.05, 4.69) is 19.7 Å². The summed E-state index contributed by atoms with van der Waals surface area (Å²) in [4.78, 5) is 71.8. The largest absolute Gasteiger partial charge is 0.463 e. The van der Waals surface area contributed by atoms with Crippen LogP contribution in [0.3, 0.4) is 0 Å². The first-order valence-electron chi connectivity index (χ1n) is 16.3. The molecule has 0 aromatic heterocycles. The van der Waals surface area contributed by atoms with Crippen molar-refractivity contribution in [1.29, 1.82) is 0 Å². The van der Waals surface area contributed by atoms with Gasteiger partial charge in [-0.3, -0.25) is 0 Å². The second-order valence-corrected chi connectivity index (χ2v) is 10.6. The van der Waals surface area contributed by atoms with E-state index in [0.717, 1.165) is 56.8 Å². The summed E-state index contributed by atoms with van der Waals surface area (Å²) in [7, 11) is 0. The molecule has 0 saturated carbocycles. The van der Waals surface area contributed by atoms with Gasteiger partial charge in [-0.05, 0) is 95.2 Å². The van der Waals surface area contributed by atoms with E-state index in [1.807, 2.05) is 0 Å². The Hall–Kier alpha value is -4.74. The SMILES string of the molecule is C=CC(=O)OCCCCCCOC(=O)c1cc(C(=O)OCCCCCCOC(=O)C=C)cc(C(=O)OCCCCCCOC(=O)C=C)c1. The average molecular weight is 673 g/mol. The standard InChI is InChI=1S/C36H48O12/c1-4-31(37)43-19-13-7-10-16-22-46-34(40)28-25-29(35(41)47-23-17-11-8-14-20-44-32(38)5-2)27-30(26-28)36(42)48-24-18-12-9-15-21-45-33(39)6-3/h4-6,25-27H,1-3,7-24H2. The number of carbonyl (C=O) groups is 6. The summed E-state index contributed by atoms with van der Waals surface area (Å²) < 4.78 is 30.9. The molecule has 1 rings (SSSR count). The van der Waals surface area contributed by atoms with E-state index in [9.17, 15) is 28.8 Å². The van der Waals surface area contributed by atoms with Crippen molar-refractivity contribution < 1.29 is 57.2 Å². The third-order valence-corrected chi connectivity index (χ3v) is 6.69. The lowest BCUT2D eigenvalue weighted by Gasteiger charge is -2.11. The molecule has 0 aliphatic carbocycles. The molecule has 264 valence electrons. The molecule has 0 atom stereocenters. The molecule has 0 amide bonds. The Bertz CT molecular complexity index is 1060. The topological polar surface area (TPSA) is 158 Å². The van der Waals surface area contributed by atoms with Gasteiger partial charge in [0.05, 0.1) is 56.3 Å². The van der Waals surface area contributed by atoms with E-state index in [1.165, 1.54) is 18.2 Å². The van der Waals surface area contributed by atoms with Crippen LogP contribution in [0.5, 0.6) is 0 Å². The van der Waals surface area contributed by atoms with Gasteiger partial charge in [-0.1, -0.05) is 19.7 Å². The van der Waals surface area contributed by atoms with Crippen LogP contribution in [0.2, 0.25) is 0 Å². The maximum absolute atomic E-state index is 12.9. The maximum atomic E-state index is 12.9. The Kier molecular flexibility index (Phi) is 22.7. The van der Waals surface area contributed by atoms with E-state index >= 15 is 0 Å². The van der Waals surface area contributed by atoms with E-state index in [0.29, 0.717) is 38.5 Å². The molecule has 0 saturated heterocycles. The summed E-state index contributed by atoms with van der Waals surface area (Å²) >= 11 is 0. The first-order valence-corrected chi connectivity index (χ1v) is 16.3. The minimum absolute atomic E-state index is 0.0101. The smallest absolute Gasteiger partial charge is 0.338 e. The lowest BCUT2D eigenvalue weighted by molar-refractivity contribution is -0.138. The normalized spacial score (nSPS) is 10.2. The van der Waals surface area contributed by atoms with Crippen LogP contribution in [0.15, 0.2) is 56.2 Å². The zero-order valence-corrected chi connectivity index (χ0v) is 27.7. The Morgan fingerprint density at radius 2 is 0.583 bits per heavy atom. The third-order valence-electron chi connectivity index (χ3n) is 6.69. The summed E-state index contributed by atoms with van der Waals surface area (Å²) in [6.07, 6.45) is 11.6. The lowest BCUT2D eigenvalue weighted by Crippen LogP contribution is -2.14. The van der Waals surface area contributed by atoms with Crippen molar-refractivity contribution in [1.82, 2.24) is 0 Å². The van der Waals surface area contributed by atoms with Gasteiger partial charge in [0.25, 0.3) is 0 Å². The minimum Gasteiger partial charge on any atom is -0.463 e. The van der Waals surface area contributed by atoms with Crippen LogP contribution in [0.4, 0.5) is 0 Å². The molecule has 12 heteroatoms. The fourth-order valence-corrected chi connectivity index (χ4v) is 4.09. The molecule has 48 heavy (non-hydrogen) atoms. The molecule has 1 aromatic rings. The van der Waals surface area contributed by atoms with Gasteiger partial charge in [0.2, 0.25) is 0 Å². The second kappa shape index (κ2) is 26.3. The number of ether oxygens (including phenoxy) is 6. The molecule has 0 heterocycles. The maximum Gasteiger partial charge on any atom is 0.338 e. The minimum atomic E-state index is -0.701. The van der Waals surface area contributed by atoms with Crippen molar-refractivity contribution in [3.05, 3.63) is 72.9 Å². The van der Waals surface area contributed by atoms with Crippen molar-refractivity contribution in [3.8, 4) is 0 Å². The Morgan fingerprint density at radius 1 is 0.375 bits per heavy atom. The first-order chi connectivity index (χ1) is 23.2. The molecule has 0 fully saturated rings. The summed E-state index contributed by atoms with van der Waals surface area (Å²) in [5.74, 6) is -3.52. The van der Waals surface area contributed by atoms with Gasteiger partial charge in [0.15, 0.2) is 0 Å². The monoisotopic (exact) mass is 672 g/mol. The van der Waals surface area contributed by atoms with Gasteiger partial charge >= 0.3 is 35.8 Å². The lowest BCUT2D eigenvalue weighted by atomic mass is 10.1. The molecule has 0 N–H and O–H groups in total. The van der Waals surface area contributed by atoms with Crippen molar-refractivity contribution in [2.45, 2.75) is 77.0 Å². The predicted octanol–water partition coefficient (Wildman–Crippen LogP) is 6.03. The van der Waals surface area contributed by atoms with Crippen molar-refractivity contribution >= 4 is 35.8 Å². The van der Waals surface area contributed by atoms with Gasteiger partial charge < -0.3 is 28.4 Å². The van der Waals surface area contributed by atoms with Gasteiger partial charge in [0.1, 0.15) is 0 Å². The van der Waals surface area contributed by atoms with Crippen LogP contribution in [-0.4, -0.2) is 75.5 Å². The van der Waals surface area contributed by atoms with E-state index in [4.69, 9.17) is 28.4 Å². The zero-order valence-electron chi connectivity index (χ0n) is 27.7. The van der Waals surface area contributed by atoms with Gasteiger partial charge in [-0.15, -0.1) is 0 Å². The van der Waals surface area contributed by atoms with Crippen LogP contribution in [-0.2, 0) is 42.8 Å². The van der Waals surface area contributed by atoms with Crippen LogP contribution >= 0.6 is 0 Å². The highest BCUT2D eigenvalue weighted by Crippen LogP contribution is 2.16. The second-order valence-electron chi connectivity index (χ2n) is 10.6. The number of hydrogen-bond acceptors (Lipinski definition) is 12. The summed E-state index contributed by atoms with van der Waals surface area (Å²) in [6, 6.07) is 3.97. The molecule has 0 bridgehead atoms. The highest BCUT2D eigenvalue weighted by Gasteiger charge is 2.19. The quantitative estimate of drug-likeness (QED) is 0.0463. The molecule has 0 spiro atoms. The van der Waals surface area contributed by atoms with Gasteiger partial charge in [0, 0.05) is 18.2 Å². The van der Waals surface area contributed by atoms with Crippen molar-refractivity contribution in [2.75, 3.05) is 39.6 Å². The number of rotatable bonds is 27. The Balaban J connectivity index is 2.67. The molecule has 12 nitrogen and oxygen atoms in total. The third kappa shape index (κ3) is 19.7. The number of carbonyl (C=O) groups excluding carboxylic acids is 6. The first kappa shape index (κ1) is 41.3. The predicted molar refractivity (Wildman–Crippen MR) is 176 cm³/mol. The zero-order chi connectivity index (χ0) is 35.4. The van der Waals surface area contributed by atoms with E-state index in [1.54, 1.807) is 0 Å².